The van der Waals surface area contributed by atoms with Gasteiger partial charge in [0.1, 0.15) is 5.82 Å². The minimum absolute atomic E-state index is 0.185. The van der Waals surface area contributed by atoms with E-state index in [2.05, 4.69) is 15.0 Å². The Morgan fingerprint density at radius 3 is 1.80 bits per heavy atom. The number of hydrogen-bond acceptors (Lipinski definition) is 6. The number of aromatic nitrogens is 3. The summed E-state index contributed by atoms with van der Waals surface area (Å²) in [5.74, 6) is 0.254. The van der Waals surface area contributed by atoms with Gasteiger partial charge in [0.05, 0.1) is 20.3 Å². The summed E-state index contributed by atoms with van der Waals surface area (Å²) in [4.78, 5) is 11.9. The fourth-order valence-electron chi connectivity index (χ4n) is 0.955. The second kappa shape index (κ2) is 4.88. The Morgan fingerprint density at radius 1 is 1.00 bits per heavy atom. The highest BCUT2D eigenvalue weighted by atomic mass is 16.5. The third-order valence-electron chi connectivity index (χ3n) is 2.11. The normalized spacial score (nSPS) is 14.5. The van der Waals surface area contributed by atoms with Crippen molar-refractivity contribution in [3.05, 3.63) is 5.82 Å². The number of aliphatic hydroxyl groups is 1. The fraction of sp³-hybridized carbons (Fsp3) is 0.667. The van der Waals surface area contributed by atoms with Crippen molar-refractivity contribution in [2.24, 2.45) is 0 Å². The number of rotatable bonds is 4. The van der Waals surface area contributed by atoms with Crippen molar-refractivity contribution >= 4 is 0 Å². The molecule has 84 valence electrons. The van der Waals surface area contributed by atoms with Gasteiger partial charge in [-0.2, -0.15) is 9.97 Å². The lowest BCUT2D eigenvalue weighted by Crippen LogP contribution is -2.15. The highest BCUT2D eigenvalue weighted by Gasteiger charge is 2.17. The Balaban J connectivity index is 3.06. The minimum Gasteiger partial charge on any atom is -0.467 e. The lowest BCUT2D eigenvalue weighted by molar-refractivity contribution is 0.164. The smallest absolute Gasteiger partial charge is 0.322 e. The van der Waals surface area contributed by atoms with Gasteiger partial charge in [-0.3, -0.25) is 0 Å². The molecule has 0 radical (unpaired) electrons. The Hall–Kier alpha value is -1.43. The SMILES string of the molecule is COc1nc(OC)nc(C(C)C(C)O)n1. The zero-order valence-electron chi connectivity index (χ0n) is 9.26. The minimum atomic E-state index is -0.540. The van der Waals surface area contributed by atoms with Gasteiger partial charge in [0.15, 0.2) is 0 Å². The van der Waals surface area contributed by atoms with E-state index < -0.39 is 6.10 Å². The summed E-state index contributed by atoms with van der Waals surface area (Å²) in [6.07, 6.45) is -0.540. The Labute approximate surface area is 88.3 Å². The Kier molecular flexibility index (Phi) is 3.79. The summed E-state index contributed by atoms with van der Waals surface area (Å²) in [7, 11) is 2.93. The molecule has 0 aliphatic heterocycles. The summed E-state index contributed by atoms with van der Waals surface area (Å²) in [6.45, 7) is 3.49. The lowest BCUT2D eigenvalue weighted by atomic mass is 10.1. The van der Waals surface area contributed by atoms with Crippen LogP contribution in [-0.2, 0) is 0 Å². The second-order valence-corrected chi connectivity index (χ2v) is 3.20. The molecule has 6 nitrogen and oxygen atoms in total. The molecule has 0 aliphatic carbocycles. The van der Waals surface area contributed by atoms with Gasteiger partial charge in [-0.05, 0) is 6.92 Å². The first-order valence-corrected chi connectivity index (χ1v) is 4.60. The van der Waals surface area contributed by atoms with Crippen molar-refractivity contribution in [2.45, 2.75) is 25.9 Å². The highest BCUT2D eigenvalue weighted by molar-refractivity contribution is 5.08. The van der Waals surface area contributed by atoms with Gasteiger partial charge in [0.25, 0.3) is 0 Å². The topological polar surface area (TPSA) is 77.4 Å². The van der Waals surface area contributed by atoms with Gasteiger partial charge >= 0.3 is 12.0 Å². The lowest BCUT2D eigenvalue weighted by Gasteiger charge is -2.13. The van der Waals surface area contributed by atoms with E-state index in [4.69, 9.17) is 9.47 Å². The molecular weight excluding hydrogens is 198 g/mol. The number of hydrogen-bond donors (Lipinski definition) is 1. The standard InChI is InChI=1S/C9H15N3O3/c1-5(6(2)13)7-10-8(14-3)12-9(11-7)15-4/h5-6,13H,1-4H3. The van der Waals surface area contributed by atoms with E-state index in [1.807, 2.05) is 6.92 Å². The predicted octanol–water partition coefficient (Wildman–Crippen LogP) is 0.373. The summed E-state index contributed by atoms with van der Waals surface area (Å²) < 4.78 is 9.81. The van der Waals surface area contributed by atoms with Crippen LogP contribution in [0.2, 0.25) is 0 Å². The van der Waals surface area contributed by atoms with E-state index in [1.165, 1.54) is 14.2 Å². The van der Waals surface area contributed by atoms with Crippen LogP contribution in [0.4, 0.5) is 0 Å². The maximum atomic E-state index is 9.42. The van der Waals surface area contributed by atoms with Crippen molar-refractivity contribution in [1.82, 2.24) is 15.0 Å². The predicted molar refractivity (Wildman–Crippen MR) is 53.0 cm³/mol. The summed E-state index contributed by atoms with van der Waals surface area (Å²) in [5.41, 5.74) is 0. The van der Waals surface area contributed by atoms with Gasteiger partial charge in [-0.1, -0.05) is 6.92 Å². The molecule has 1 aromatic heterocycles. The summed E-state index contributed by atoms with van der Waals surface area (Å²) >= 11 is 0. The first-order valence-electron chi connectivity index (χ1n) is 4.60. The molecule has 2 unspecified atom stereocenters. The molecule has 0 aliphatic rings. The van der Waals surface area contributed by atoms with E-state index in [0.717, 1.165) is 0 Å². The van der Waals surface area contributed by atoms with Crippen LogP contribution in [0.1, 0.15) is 25.6 Å². The van der Waals surface area contributed by atoms with E-state index in [1.54, 1.807) is 6.92 Å². The van der Waals surface area contributed by atoms with Crippen molar-refractivity contribution < 1.29 is 14.6 Å². The fourth-order valence-corrected chi connectivity index (χ4v) is 0.955. The molecule has 0 spiro atoms. The van der Waals surface area contributed by atoms with Gasteiger partial charge in [0.2, 0.25) is 0 Å². The van der Waals surface area contributed by atoms with Crippen molar-refractivity contribution in [1.29, 1.82) is 0 Å². The number of methoxy groups -OCH3 is 2. The molecule has 0 amide bonds. The molecule has 0 aromatic carbocycles. The number of aliphatic hydroxyl groups excluding tert-OH is 1. The molecule has 0 bridgehead atoms. The van der Waals surface area contributed by atoms with Crippen LogP contribution in [-0.4, -0.2) is 40.4 Å². The first kappa shape index (κ1) is 11.6. The van der Waals surface area contributed by atoms with E-state index in [0.29, 0.717) is 5.82 Å². The highest BCUT2D eigenvalue weighted by Crippen LogP contribution is 2.18. The monoisotopic (exact) mass is 213 g/mol. The maximum absolute atomic E-state index is 9.42. The van der Waals surface area contributed by atoms with Crippen molar-refractivity contribution in [2.75, 3.05) is 14.2 Å². The van der Waals surface area contributed by atoms with Gasteiger partial charge in [-0.15, -0.1) is 4.98 Å². The van der Waals surface area contributed by atoms with E-state index in [-0.39, 0.29) is 17.9 Å². The van der Waals surface area contributed by atoms with Crippen LogP contribution >= 0.6 is 0 Å². The summed E-state index contributed by atoms with van der Waals surface area (Å²) in [5, 5.41) is 9.42. The molecule has 0 fully saturated rings. The largest absolute Gasteiger partial charge is 0.467 e. The molecule has 0 saturated heterocycles. The molecular formula is C9H15N3O3. The van der Waals surface area contributed by atoms with Crippen LogP contribution in [0.15, 0.2) is 0 Å². The van der Waals surface area contributed by atoms with Crippen LogP contribution < -0.4 is 9.47 Å². The Morgan fingerprint density at radius 2 is 1.47 bits per heavy atom. The van der Waals surface area contributed by atoms with Crippen LogP contribution in [0, 0.1) is 0 Å². The molecule has 6 heteroatoms. The zero-order valence-corrected chi connectivity index (χ0v) is 9.26. The van der Waals surface area contributed by atoms with Gasteiger partial charge < -0.3 is 14.6 Å². The van der Waals surface area contributed by atoms with Gasteiger partial charge in [-0.25, -0.2) is 0 Å². The zero-order chi connectivity index (χ0) is 11.4. The van der Waals surface area contributed by atoms with Gasteiger partial charge in [0, 0.05) is 5.92 Å². The molecule has 15 heavy (non-hydrogen) atoms. The maximum Gasteiger partial charge on any atom is 0.322 e. The van der Waals surface area contributed by atoms with E-state index >= 15 is 0 Å². The molecule has 2 atom stereocenters. The third kappa shape index (κ3) is 2.76. The first-order chi connectivity index (χ1) is 7.08. The molecule has 0 saturated carbocycles. The second-order valence-electron chi connectivity index (χ2n) is 3.20. The van der Waals surface area contributed by atoms with Crippen molar-refractivity contribution in [3.63, 3.8) is 0 Å². The van der Waals surface area contributed by atoms with Crippen LogP contribution in [0.5, 0.6) is 12.0 Å². The Bertz CT molecular complexity index is 308. The van der Waals surface area contributed by atoms with Crippen molar-refractivity contribution in [3.8, 4) is 12.0 Å². The number of ether oxygens (including phenoxy) is 2. The molecule has 1 rings (SSSR count). The average Bonchev–Trinajstić information content (AvgIpc) is 2.27. The molecule has 1 heterocycles. The summed E-state index contributed by atoms with van der Waals surface area (Å²) in [6, 6.07) is 0.369. The van der Waals surface area contributed by atoms with E-state index in [9.17, 15) is 5.11 Å². The van der Waals surface area contributed by atoms with Crippen LogP contribution in [0.25, 0.3) is 0 Å². The number of nitrogens with zero attached hydrogens (tertiary/aromatic N) is 3. The third-order valence-corrected chi connectivity index (χ3v) is 2.11. The molecule has 1 N–H and O–H groups in total. The quantitative estimate of drug-likeness (QED) is 0.778. The molecule has 1 aromatic rings. The average molecular weight is 213 g/mol. The van der Waals surface area contributed by atoms with Crippen LogP contribution in [0.3, 0.4) is 0 Å².